The van der Waals surface area contributed by atoms with Gasteiger partial charge in [0.2, 0.25) is 5.91 Å². The second-order valence-electron chi connectivity index (χ2n) is 8.80. The molecule has 1 amide bonds. The lowest BCUT2D eigenvalue weighted by Gasteiger charge is -2.13. The molecule has 0 aliphatic carbocycles. The van der Waals surface area contributed by atoms with E-state index in [1.807, 2.05) is 25.9 Å². The van der Waals surface area contributed by atoms with Crippen molar-refractivity contribution in [3.63, 3.8) is 0 Å². The van der Waals surface area contributed by atoms with Gasteiger partial charge in [-0.3, -0.25) is 4.79 Å². The lowest BCUT2D eigenvalue weighted by atomic mass is 10.1. The van der Waals surface area contributed by atoms with Gasteiger partial charge in [-0.1, -0.05) is 23.9 Å². The Morgan fingerprint density at radius 3 is 2.53 bits per heavy atom. The predicted octanol–water partition coefficient (Wildman–Crippen LogP) is 4.37. The number of hydrogen-bond acceptors (Lipinski definition) is 4. The van der Waals surface area contributed by atoms with E-state index in [4.69, 9.17) is 0 Å². The SMILES string of the molecule is Cc1cc(C=C2Sc3ccccc3N2C)cc(C)[n+]1CCCCCC(=O)NCCN(C)C. The minimum Gasteiger partial charge on any atom is -0.355 e. The lowest BCUT2D eigenvalue weighted by molar-refractivity contribution is -0.709. The number of rotatable bonds is 10. The van der Waals surface area contributed by atoms with E-state index in [2.05, 4.69) is 83.1 Å². The molecule has 0 atom stereocenters. The maximum absolute atomic E-state index is 11.9. The highest BCUT2D eigenvalue weighted by atomic mass is 32.2. The zero-order chi connectivity index (χ0) is 23.1. The summed E-state index contributed by atoms with van der Waals surface area (Å²) in [6.45, 7) is 6.98. The van der Waals surface area contributed by atoms with Gasteiger partial charge in [0.1, 0.15) is 6.54 Å². The van der Waals surface area contributed by atoms with E-state index in [0.29, 0.717) is 6.42 Å². The normalized spacial score (nSPS) is 14.3. The Balaban J connectivity index is 1.50. The van der Waals surface area contributed by atoms with Gasteiger partial charge < -0.3 is 15.1 Å². The van der Waals surface area contributed by atoms with Gasteiger partial charge in [0, 0.05) is 63.9 Å². The van der Waals surface area contributed by atoms with Crippen molar-refractivity contribution in [3.8, 4) is 0 Å². The van der Waals surface area contributed by atoms with Crippen LogP contribution in [0.3, 0.4) is 0 Å². The summed E-state index contributed by atoms with van der Waals surface area (Å²) < 4.78 is 2.39. The summed E-state index contributed by atoms with van der Waals surface area (Å²) in [5.41, 5.74) is 5.07. The number of aryl methyl sites for hydroxylation is 2. The minimum absolute atomic E-state index is 0.168. The fraction of sp³-hybridized carbons (Fsp3) is 0.462. The number of para-hydroxylation sites is 1. The van der Waals surface area contributed by atoms with Gasteiger partial charge in [0.15, 0.2) is 11.4 Å². The molecular weight excluding hydrogens is 416 g/mol. The van der Waals surface area contributed by atoms with Crippen molar-refractivity contribution < 1.29 is 9.36 Å². The van der Waals surface area contributed by atoms with Crippen molar-refractivity contribution in [1.82, 2.24) is 10.2 Å². The maximum Gasteiger partial charge on any atom is 0.220 e. The second kappa shape index (κ2) is 11.5. The van der Waals surface area contributed by atoms with E-state index in [1.54, 1.807) is 0 Å². The summed E-state index contributed by atoms with van der Waals surface area (Å²) in [5.74, 6) is 0.168. The Bertz CT molecular complexity index is 947. The van der Waals surface area contributed by atoms with E-state index < -0.39 is 0 Å². The largest absolute Gasteiger partial charge is 0.355 e. The van der Waals surface area contributed by atoms with E-state index in [9.17, 15) is 4.79 Å². The fourth-order valence-electron chi connectivity index (χ4n) is 4.02. The number of pyridine rings is 1. The number of carbonyl (C=O) groups is 1. The van der Waals surface area contributed by atoms with Crippen LogP contribution in [0.1, 0.15) is 42.6 Å². The van der Waals surface area contributed by atoms with Gasteiger partial charge in [-0.2, -0.15) is 0 Å². The Kier molecular flexibility index (Phi) is 8.76. The summed E-state index contributed by atoms with van der Waals surface area (Å²) >= 11 is 1.83. The van der Waals surface area contributed by atoms with E-state index in [1.165, 1.54) is 32.6 Å². The molecule has 32 heavy (non-hydrogen) atoms. The number of nitrogens with zero attached hydrogens (tertiary/aromatic N) is 3. The molecule has 1 aromatic heterocycles. The van der Waals surface area contributed by atoms with Crippen molar-refractivity contribution in [1.29, 1.82) is 0 Å². The average molecular weight is 454 g/mol. The number of unbranched alkanes of at least 4 members (excludes halogenated alkanes) is 2. The molecule has 0 unspecified atom stereocenters. The quantitative estimate of drug-likeness (QED) is 0.428. The highest BCUT2D eigenvalue weighted by molar-refractivity contribution is 8.03. The maximum atomic E-state index is 11.9. The molecular formula is C26H37N4OS+. The van der Waals surface area contributed by atoms with Crippen LogP contribution < -0.4 is 14.8 Å². The van der Waals surface area contributed by atoms with Crippen LogP contribution >= 0.6 is 11.8 Å². The number of fused-ring (bicyclic) bond motifs is 1. The van der Waals surface area contributed by atoms with E-state index >= 15 is 0 Å². The summed E-state index contributed by atoms with van der Waals surface area (Å²) in [7, 11) is 6.17. The third-order valence-corrected chi connectivity index (χ3v) is 7.00. The molecule has 1 aliphatic rings. The molecule has 172 valence electrons. The van der Waals surface area contributed by atoms with Crippen LogP contribution in [0.2, 0.25) is 0 Å². The van der Waals surface area contributed by atoms with Crippen molar-refractivity contribution in [3.05, 3.63) is 58.4 Å². The number of amides is 1. The molecule has 0 saturated heterocycles. The standard InChI is InChI=1S/C26H36N4OS/c1-20-17-22(19-26-29(5)23-11-8-9-12-24(23)32-26)18-21(2)30(20)15-10-6-7-13-25(31)27-14-16-28(3)4/h8-9,11-12,17-19H,6-7,10,13-16H2,1-5H3/p+1. The van der Waals surface area contributed by atoms with Crippen molar-refractivity contribution >= 4 is 29.4 Å². The molecule has 2 heterocycles. The first-order valence-electron chi connectivity index (χ1n) is 11.5. The summed E-state index contributed by atoms with van der Waals surface area (Å²) in [5, 5.41) is 4.25. The van der Waals surface area contributed by atoms with Gasteiger partial charge in [0.05, 0.1) is 10.7 Å². The number of hydrogen-bond donors (Lipinski definition) is 1. The van der Waals surface area contributed by atoms with Gasteiger partial charge in [-0.25, -0.2) is 4.57 Å². The minimum atomic E-state index is 0.168. The van der Waals surface area contributed by atoms with Gasteiger partial charge in [-0.15, -0.1) is 0 Å². The first kappa shape index (κ1) is 24.3. The van der Waals surface area contributed by atoms with Crippen molar-refractivity contribution in [2.24, 2.45) is 0 Å². The Hall–Kier alpha value is -2.31. The topological polar surface area (TPSA) is 39.5 Å². The highest BCUT2D eigenvalue weighted by Gasteiger charge is 2.21. The first-order valence-corrected chi connectivity index (χ1v) is 12.3. The van der Waals surface area contributed by atoms with Crippen molar-refractivity contribution in [2.45, 2.75) is 51.0 Å². The number of likely N-dealkylation sites (N-methyl/N-ethyl adjacent to an activating group) is 1. The first-order chi connectivity index (χ1) is 15.3. The number of benzene rings is 1. The number of thioether (sulfide) groups is 1. The van der Waals surface area contributed by atoms with Crippen LogP contribution in [0.15, 0.2) is 46.3 Å². The zero-order valence-corrected chi connectivity index (χ0v) is 21.0. The Morgan fingerprint density at radius 2 is 1.84 bits per heavy atom. The molecule has 1 aliphatic heterocycles. The van der Waals surface area contributed by atoms with Crippen LogP contribution in [0.25, 0.3) is 6.08 Å². The Labute approximate surface area is 197 Å². The zero-order valence-electron chi connectivity index (χ0n) is 20.1. The molecule has 1 N–H and O–H groups in total. The van der Waals surface area contributed by atoms with Crippen LogP contribution in [0, 0.1) is 13.8 Å². The number of anilines is 1. The predicted molar refractivity (Wildman–Crippen MR) is 135 cm³/mol. The molecule has 0 saturated carbocycles. The third-order valence-electron chi connectivity index (χ3n) is 5.83. The highest BCUT2D eigenvalue weighted by Crippen LogP contribution is 2.45. The van der Waals surface area contributed by atoms with Crippen LogP contribution in [-0.4, -0.2) is 45.0 Å². The Morgan fingerprint density at radius 1 is 1.12 bits per heavy atom. The molecule has 0 fully saturated rings. The van der Waals surface area contributed by atoms with Gasteiger partial charge in [0.25, 0.3) is 0 Å². The lowest BCUT2D eigenvalue weighted by Crippen LogP contribution is -2.40. The molecule has 2 aromatic rings. The van der Waals surface area contributed by atoms with Crippen LogP contribution in [0.4, 0.5) is 5.69 Å². The summed E-state index contributed by atoms with van der Waals surface area (Å²) in [4.78, 5) is 17.6. The van der Waals surface area contributed by atoms with Gasteiger partial charge >= 0.3 is 0 Å². The smallest absolute Gasteiger partial charge is 0.220 e. The third kappa shape index (κ3) is 6.59. The molecule has 0 radical (unpaired) electrons. The van der Waals surface area contributed by atoms with Crippen molar-refractivity contribution in [2.75, 3.05) is 39.1 Å². The van der Waals surface area contributed by atoms with Crippen LogP contribution in [0.5, 0.6) is 0 Å². The summed E-state index contributed by atoms with van der Waals surface area (Å²) in [6.07, 6.45) is 6.00. The summed E-state index contributed by atoms with van der Waals surface area (Å²) in [6, 6.07) is 13.1. The van der Waals surface area contributed by atoms with Gasteiger partial charge in [-0.05, 0) is 50.7 Å². The molecule has 0 bridgehead atoms. The average Bonchev–Trinajstić information content (AvgIpc) is 3.05. The number of nitrogens with one attached hydrogen (secondary N) is 1. The second-order valence-corrected chi connectivity index (χ2v) is 9.86. The van der Waals surface area contributed by atoms with Crippen LogP contribution in [-0.2, 0) is 11.3 Å². The molecule has 5 nitrogen and oxygen atoms in total. The molecule has 0 spiro atoms. The molecule has 3 rings (SSSR count). The number of aromatic nitrogens is 1. The fourth-order valence-corrected chi connectivity index (χ4v) is 5.13. The van der Waals surface area contributed by atoms with E-state index in [-0.39, 0.29) is 5.91 Å². The number of carbonyl (C=O) groups excluding carboxylic acids is 1. The molecule has 6 heteroatoms. The molecule has 1 aromatic carbocycles. The monoisotopic (exact) mass is 453 g/mol. The van der Waals surface area contributed by atoms with E-state index in [0.717, 1.165) is 38.9 Å².